The molecule has 1 aromatic heterocycles. The van der Waals surface area contributed by atoms with Crippen LogP contribution in [0.3, 0.4) is 0 Å². The number of rotatable bonds is 1. The SMILES string of the molecule is COC(=O)Nc1c(C)cncc1Cl. The minimum Gasteiger partial charge on any atom is -0.453 e. The van der Waals surface area contributed by atoms with Gasteiger partial charge in [0, 0.05) is 12.4 Å². The van der Waals surface area contributed by atoms with E-state index in [4.69, 9.17) is 11.6 Å². The summed E-state index contributed by atoms with van der Waals surface area (Å²) in [6, 6.07) is 0. The summed E-state index contributed by atoms with van der Waals surface area (Å²) in [7, 11) is 1.29. The van der Waals surface area contributed by atoms with Crippen LogP contribution in [-0.2, 0) is 4.74 Å². The van der Waals surface area contributed by atoms with Gasteiger partial charge in [0.05, 0.1) is 17.8 Å². The van der Waals surface area contributed by atoms with Gasteiger partial charge in [0.15, 0.2) is 0 Å². The molecule has 1 heterocycles. The number of aryl methyl sites for hydroxylation is 1. The maximum absolute atomic E-state index is 10.9. The molecule has 13 heavy (non-hydrogen) atoms. The highest BCUT2D eigenvalue weighted by Crippen LogP contribution is 2.23. The van der Waals surface area contributed by atoms with Crippen LogP contribution in [0.1, 0.15) is 5.56 Å². The Labute approximate surface area is 80.9 Å². The van der Waals surface area contributed by atoms with Gasteiger partial charge in [-0.15, -0.1) is 0 Å². The van der Waals surface area contributed by atoms with Crippen molar-refractivity contribution in [1.29, 1.82) is 0 Å². The van der Waals surface area contributed by atoms with Crippen molar-refractivity contribution in [2.75, 3.05) is 12.4 Å². The molecule has 0 aliphatic rings. The Morgan fingerprint density at radius 1 is 1.62 bits per heavy atom. The fourth-order valence-electron chi connectivity index (χ4n) is 0.843. The predicted molar refractivity (Wildman–Crippen MR) is 50.0 cm³/mol. The number of hydrogen-bond acceptors (Lipinski definition) is 3. The molecule has 0 atom stereocenters. The number of aromatic nitrogens is 1. The second-order valence-corrected chi connectivity index (χ2v) is 2.84. The Balaban J connectivity index is 2.93. The second kappa shape index (κ2) is 4.09. The lowest BCUT2D eigenvalue weighted by atomic mass is 10.2. The number of amides is 1. The van der Waals surface area contributed by atoms with Crippen molar-refractivity contribution < 1.29 is 9.53 Å². The lowest BCUT2D eigenvalue weighted by Gasteiger charge is -2.07. The fourth-order valence-corrected chi connectivity index (χ4v) is 1.10. The lowest BCUT2D eigenvalue weighted by Crippen LogP contribution is -2.12. The molecule has 0 spiro atoms. The van der Waals surface area contributed by atoms with Gasteiger partial charge in [-0.25, -0.2) is 4.79 Å². The maximum atomic E-state index is 10.9. The molecule has 1 aromatic rings. The van der Waals surface area contributed by atoms with Crippen molar-refractivity contribution in [3.05, 3.63) is 23.0 Å². The molecule has 4 nitrogen and oxygen atoms in total. The number of nitrogens with one attached hydrogen (secondary N) is 1. The molecular formula is C8H9ClN2O2. The Morgan fingerprint density at radius 3 is 2.85 bits per heavy atom. The van der Waals surface area contributed by atoms with Crippen molar-refractivity contribution >= 4 is 23.4 Å². The third-order valence-corrected chi connectivity index (χ3v) is 1.79. The molecule has 0 aromatic carbocycles. The molecule has 5 heteroatoms. The second-order valence-electron chi connectivity index (χ2n) is 2.43. The molecule has 0 radical (unpaired) electrons. The van der Waals surface area contributed by atoms with Crippen LogP contribution in [0.4, 0.5) is 10.5 Å². The number of carbonyl (C=O) groups excluding carboxylic acids is 1. The van der Waals surface area contributed by atoms with Crippen molar-refractivity contribution in [3.8, 4) is 0 Å². The van der Waals surface area contributed by atoms with E-state index in [1.54, 1.807) is 13.1 Å². The average Bonchev–Trinajstić information content (AvgIpc) is 2.11. The highest BCUT2D eigenvalue weighted by molar-refractivity contribution is 6.33. The smallest absolute Gasteiger partial charge is 0.411 e. The topological polar surface area (TPSA) is 51.2 Å². The van der Waals surface area contributed by atoms with Gasteiger partial charge in [-0.2, -0.15) is 0 Å². The van der Waals surface area contributed by atoms with Crippen molar-refractivity contribution in [2.24, 2.45) is 0 Å². The van der Waals surface area contributed by atoms with Crippen LogP contribution in [-0.4, -0.2) is 18.2 Å². The summed E-state index contributed by atoms with van der Waals surface area (Å²) >= 11 is 5.80. The lowest BCUT2D eigenvalue weighted by molar-refractivity contribution is 0.187. The van der Waals surface area contributed by atoms with E-state index in [1.165, 1.54) is 13.3 Å². The van der Waals surface area contributed by atoms with E-state index in [2.05, 4.69) is 15.0 Å². The number of ether oxygens (including phenoxy) is 1. The molecule has 0 saturated carbocycles. The van der Waals surface area contributed by atoms with Crippen molar-refractivity contribution in [1.82, 2.24) is 4.98 Å². The van der Waals surface area contributed by atoms with Gasteiger partial charge >= 0.3 is 6.09 Å². The molecule has 0 aliphatic heterocycles. The summed E-state index contributed by atoms with van der Waals surface area (Å²) < 4.78 is 4.44. The predicted octanol–water partition coefficient (Wildman–Crippen LogP) is 2.22. The number of anilines is 1. The third kappa shape index (κ3) is 2.32. The Morgan fingerprint density at radius 2 is 2.31 bits per heavy atom. The van der Waals surface area contributed by atoms with Gasteiger partial charge in [0.1, 0.15) is 0 Å². The summed E-state index contributed by atoms with van der Waals surface area (Å²) in [6.07, 6.45) is 2.52. The zero-order chi connectivity index (χ0) is 9.84. The Kier molecular flexibility index (Phi) is 3.08. The van der Waals surface area contributed by atoms with E-state index in [1.807, 2.05) is 0 Å². The van der Waals surface area contributed by atoms with Crippen molar-refractivity contribution in [3.63, 3.8) is 0 Å². The number of methoxy groups -OCH3 is 1. The maximum Gasteiger partial charge on any atom is 0.411 e. The van der Waals surface area contributed by atoms with Gasteiger partial charge in [-0.05, 0) is 12.5 Å². The molecular weight excluding hydrogens is 192 g/mol. The minimum absolute atomic E-state index is 0.394. The zero-order valence-electron chi connectivity index (χ0n) is 7.30. The van der Waals surface area contributed by atoms with Crippen LogP contribution in [0.15, 0.2) is 12.4 Å². The first-order valence-electron chi connectivity index (χ1n) is 3.60. The number of pyridine rings is 1. The zero-order valence-corrected chi connectivity index (χ0v) is 8.05. The van der Waals surface area contributed by atoms with E-state index in [0.717, 1.165) is 5.56 Å². The highest BCUT2D eigenvalue weighted by atomic mass is 35.5. The third-order valence-electron chi connectivity index (χ3n) is 1.50. The minimum atomic E-state index is -0.545. The molecule has 0 aliphatic carbocycles. The molecule has 1 rings (SSSR count). The van der Waals surface area contributed by atoms with Gasteiger partial charge in [0.25, 0.3) is 0 Å². The van der Waals surface area contributed by atoms with E-state index >= 15 is 0 Å². The summed E-state index contributed by atoms with van der Waals surface area (Å²) in [6.45, 7) is 1.80. The van der Waals surface area contributed by atoms with Gasteiger partial charge < -0.3 is 4.74 Å². The van der Waals surface area contributed by atoms with Gasteiger partial charge in [0.2, 0.25) is 0 Å². The van der Waals surface area contributed by atoms with Gasteiger partial charge in [-0.1, -0.05) is 11.6 Å². The van der Waals surface area contributed by atoms with Crippen LogP contribution in [0, 0.1) is 6.92 Å². The molecule has 0 bridgehead atoms. The first-order valence-corrected chi connectivity index (χ1v) is 3.98. The summed E-state index contributed by atoms with van der Waals surface area (Å²) in [5.74, 6) is 0. The highest BCUT2D eigenvalue weighted by Gasteiger charge is 2.07. The first-order chi connectivity index (χ1) is 6.15. The molecule has 1 amide bonds. The van der Waals surface area contributed by atoms with Gasteiger partial charge in [-0.3, -0.25) is 10.3 Å². The molecule has 70 valence electrons. The fraction of sp³-hybridized carbons (Fsp3) is 0.250. The van der Waals surface area contributed by atoms with Crippen molar-refractivity contribution in [2.45, 2.75) is 6.92 Å². The molecule has 0 unspecified atom stereocenters. The number of nitrogens with zero attached hydrogens (tertiary/aromatic N) is 1. The number of halogens is 1. The molecule has 0 fully saturated rings. The van der Waals surface area contributed by atoms with E-state index in [-0.39, 0.29) is 0 Å². The monoisotopic (exact) mass is 200 g/mol. The summed E-state index contributed by atoms with van der Waals surface area (Å²) in [5.41, 5.74) is 1.32. The largest absolute Gasteiger partial charge is 0.453 e. The number of hydrogen-bond donors (Lipinski definition) is 1. The quantitative estimate of drug-likeness (QED) is 0.756. The molecule has 0 saturated heterocycles. The Bertz CT molecular complexity index is 308. The summed E-state index contributed by atoms with van der Waals surface area (Å²) in [5, 5.41) is 2.89. The van der Waals surface area contributed by atoms with Crippen LogP contribution in [0.25, 0.3) is 0 Å². The summed E-state index contributed by atoms with van der Waals surface area (Å²) in [4.78, 5) is 14.7. The van der Waals surface area contributed by atoms with Crippen LogP contribution < -0.4 is 5.32 Å². The standard InChI is InChI=1S/C8H9ClN2O2/c1-5-3-10-4-6(9)7(5)11-8(12)13-2/h3-4H,1-2H3,(H,10,11,12). The average molecular weight is 201 g/mol. The van der Waals surface area contributed by atoms with Crippen LogP contribution >= 0.6 is 11.6 Å². The first kappa shape index (κ1) is 9.80. The normalized spacial score (nSPS) is 9.46. The number of carbonyl (C=O) groups is 1. The molecule has 1 N–H and O–H groups in total. The van der Waals surface area contributed by atoms with Crippen LogP contribution in [0.5, 0.6) is 0 Å². The van der Waals surface area contributed by atoms with E-state index in [9.17, 15) is 4.79 Å². The Hall–Kier alpha value is -1.29. The van der Waals surface area contributed by atoms with E-state index in [0.29, 0.717) is 10.7 Å². The van der Waals surface area contributed by atoms with Crippen LogP contribution in [0.2, 0.25) is 5.02 Å². The van der Waals surface area contributed by atoms with E-state index < -0.39 is 6.09 Å².